The number of ketones is 1. The second-order valence-corrected chi connectivity index (χ2v) is 3.27. The van der Waals surface area contributed by atoms with Crippen LogP contribution in [-0.4, -0.2) is 12.9 Å². The molecule has 0 atom stereocenters. The minimum absolute atomic E-state index is 0.00738. The van der Waals surface area contributed by atoms with Gasteiger partial charge in [0.1, 0.15) is 5.75 Å². The third-order valence-electron chi connectivity index (χ3n) is 1.69. The fraction of sp³-hybridized carbons (Fsp3) is 0.182. The molecule has 0 fully saturated rings. The van der Waals surface area contributed by atoms with Gasteiger partial charge in [-0.2, -0.15) is 0 Å². The van der Waals surface area contributed by atoms with Crippen LogP contribution in [0.3, 0.4) is 0 Å². The highest BCUT2D eigenvalue weighted by Crippen LogP contribution is 2.23. The van der Waals surface area contributed by atoms with Crippen LogP contribution in [0, 0.1) is 0 Å². The number of carbonyl (C=O) groups excluding carboxylic acids is 1. The van der Waals surface area contributed by atoms with Crippen molar-refractivity contribution in [1.29, 1.82) is 0 Å². The summed E-state index contributed by atoms with van der Waals surface area (Å²) in [5.74, 6) is 0.693. The lowest BCUT2D eigenvalue weighted by atomic mass is 10.2. The summed E-state index contributed by atoms with van der Waals surface area (Å²) in [6, 6.07) is 5.26. The SMILES string of the molecule is COc1ccc(Cl)cc1C=CC(C)=O. The van der Waals surface area contributed by atoms with Crippen molar-refractivity contribution in [3.05, 3.63) is 34.9 Å². The normalized spacial score (nSPS) is 10.5. The van der Waals surface area contributed by atoms with Gasteiger partial charge in [0, 0.05) is 10.6 Å². The van der Waals surface area contributed by atoms with Gasteiger partial charge in [0.15, 0.2) is 5.78 Å². The van der Waals surface area contributed by atoms with Crippen LogP contribution in [0.4, 0.5) is 0 Å². The lowest BCUT2D eigenvalue weighted by Crippen LogP contribution is -1.87. The molecule has 0 spiro atoms. The van der Waals surface area contributed by atoms with Crippen molar-refractivity contribution in [1.82, 2.24) is 0 Å². The molecule has 0 unspecified atom stereocenters. The van der Waals surface area contributed by atoms with Gasteiger partial charge in [0.05, 0.1) is 7.11 Å². The van der Waals surface area contributed by atoms with Crippen molar-refractivity contribution in [2.45, 2.75) is 6.92 Å². The smallest absolute Gasteiger partial charge is 0.152 e. The molecule has 0 amide bonds. The molecule has 0 saturated carbocycles. The lowest BCUT2D eigenvalue weighted by Gasteiger charge is -2.04. The van der Waals surface area contributed by atoms with Gasteiger partial charge in [0.25, 0.3) is 0 Å². The predicted molar refractivity (Wildman–Crippen MR) is 57.7 cm³/mol. The third kappa shape index (κ3) is 2.89. The number of benzene rings is 1. The molecule has 74 valence electrons. The summed E-state index contributed by atoms with van der Waals surface area (Å²) in [5.41, 5.74) is 0.801. The first kappa shape index (κ1) is 10.8. The Morgan fingerprint density at radius 2 is 2.21 bits per heavy atom. The highest BCUT2D eigenvalue weighted by Gasteiger charge is 1.99. The molecule has 0 bridgehead atoms. The first-order valence-corrected chi connectivity index (χ1v) is 4.53. The molecule has 1 aromatic rings. The zero-order valence-electron chi connectivity index (χ0n) is 8.08. The van der Waals surface area contributed by atoms with Gasteiger partial charge in [0.2, 0.25) is 0 Å². The maximum atomic E-state index is 10.7. The van der Waals surface area contributed by atoms with Crippen LogP contribution in [-0.2, 0) is 4.79 Å². The van der Waals surface area contributed by atoms with Crippen molar-refractivity contribution >= 4 is 23.5 Å². The fourth-order valence-corrected chi connectivity index (χ4v) is 1.22. The van der Waals surface area contributed by atoms with E-state index >= 15 is 0 Å². The lowest BCUT2D eigenvalue weighted by molar-refractivity contribution is -0.112. The largest absolute Gasteiger partial charge is 0.496 e. The number of halogens is 1. The first-order chi connectivity index (χ1) is 6.63. The van der Waals surface area contributed by atoms with Crippen LogP contribution >= 0.6 is 11.6 Å². The molecule has 0 radical (unpaired) electrons. The summed E-state index contributed by atoms with van der Waals surface area (Å²) < 4.78 is 5.11. The molecule has 0 aliphatic rings. The monoisotopic (exact) mass is 210 g/mol. The number of hydrogen-bond acceptors (Lipinski definition) is 2. The molecule has 14 heavy (non-hydrogen) atoms. The number of allylic oxidation sites excluding steroid dienone is 1. The predicted octanol–water partition coefficient (Wildman–Crippen LogP) is 2.95. The molecule has 0 N–H and O–H groups in total. The molecule has 0 aliphatic carbocycles. The fourth-order valence-electron chi connectivity index (χ4n) is 1.04. The standard InChI is InChI=1S/C11H11ClO2/c1-8(13)3-4-9-7-10(12)5-6-11(9)14-2/h3-7H,1-2H3. The van der Waals surface area contributed by atoms with Crippen LogP contribution in [0.5, 0.6) is 5.75 Å². The molecule has 3 heteroatoms. The maximum Gasteiger partial charge on any atom is 0.152 e. The number of ether oxygens (including phenoxy) is 1. The van der Waals surface area contributed by atoms with Crippen LogP contribution in [0.15, 0.2) is 24.3 Å². The van der Waals surface area contributed by atoms with Crippen LogP contribution in [0.1, 0.15) is 12.5 Å². The summed E-state index contributed by atoms with van der Waals surface area (Å²) >= 11 is 5.81. The molecule has 2 nitrogen and oxygen atoms in total. The summed E-state index contributed by atoms with van der Waals surface area (Å²) in [5, 5.41) is 0.619. The van der Waals surface area contributed by atoms with E-state index in [0.29, 0.717) is 10.8 Å². The topological polar surface area (TPSA) is 26.3 Å². The van der Waals surface area contributed by atoms with Gasteiger partial charge in [-0.15, -0.1) is 0 Å². The van der Waals surface area contributed by atoms with Crippen molar-refractivity contribution in [2.75, 3.05) is 7.11 Å². The van der Waals surface area contributed by atoms with Crippen LogP contribution < -0.4 is 4.74 Å². The molecule has 0 aromatic heterocycles. The van der Waals surface area contributed by atoms with Crippen molar-refractivity contribution in [2.24, 2.45) is 0 Å². The quantitative estimate of drug-likeness (QED) is 0.717. The highest BCUT2D eigenvalue weighted by atomic mass is 35.5. The molecular formula is C11H11ClO2. The number of methoxy groups -OCH3 is 1. The molecule has 1 rings (SSSR count). The molecular weight excluding hydrogens is 200 g/mol. The van der Waals surface area contributed by atoms with E-state index in [1.54, 1.807) is 31.4 Å². The Bertz CT molecular complexity index is 370. The minimum Gasteiger partial charge on any atom is -0.496 e. The van der Waals surface area contributed by atoms with Crippen molar-refractivity contribution in [3.63, 3.8) is 0 Å². The van der Waals surface area contributed by atoms with Gasteiger partial charge in [-0.3, -0.25) is 4.79 Å². The van der Waals surface area contributed by atoms with Gasteiger partial charge in [-0.25, -0.2) is 0 Å². The van der Waals surface area contributed by atoms with Crippen molar-refractivity contribution in [3.8, 4) is 5.75 Å². The summed E-state index contributed by atoms with van der Waals surface area (Å²) in [4.78, 5) is 10.7. The van der Waals surface area contributed by atoms with E-state index in [-0.39, 0.29) is 5.78 Å². The Kier molecular flexibility index (Phi) is 3.72. The number of hydrogen-bond donors (Lipinski definition) is 0. The van der Waals surface area contributed by atoms with E-state index in [0.717, 1.165) is 5.56 Å². The molecule has 0 saturated heterocycles. The zero-order valence-corrected chi connectivity index (χ0v) is 8.84. The molecule has 0 heterocycles. The van der Waals surface area contributed by atoms with E-state index in [4.69, 9.17) is 16.3 Å². The Morgan fingerprint density at radius 1 is 1.50 bits per heavy atom. The second kappa shape index (κ2) is 4.82. The first-order valence-electron chi connectivity index (χ1n) is 4.15. The maximum absolute atomic E-state index is 10.7. The van der Waals surface area contributed by atoms with Gasteiger partial charge >= 0.3 is 0 Å². The Balaban J connectivity index is 3.04. The average Bonchev–Trinajstić information content (AvgIpc) is 2.15. The molecule has 0 aliphatic heterocycles. The van der Waals surface area contributed by atoms with E-state index in [1.165, 1.54) is 13.0 Å². The summed E-state index contributed by atoms with van der Waals surface area (Å²) in [6.07, 6.45) is 3.17. The van der Waals surface area contributed by atoms with Crippen LogP contribution in [0.2, 0.25) is 5.02 Å². The second-order valence-electron chi connectivity index (χ2n) is 2.83. The number of rotatable bonds is 3. The van der Waals surface area contributed by atoms with E-state index < -0.39 is 0 Å². The van der Waals surface area contributed by atoms with Gasteiger partial charge < -0.3 is 4.74 Å². The van der Waals surface area contributed by atoms with Gasteiger partial charge in [-0.1, -0.05) is 11.6 Å². The highest BCUT2D eigenvalue weighted by molar-refractivity contribution is 6.30. The third-order valence-corrected chi connectivity index (χ3v) is 1.92. The minimum atomic E-state index is -0.00738. The summed E-state index contributed by atoms with van der Waals surface area (Å²) in [6.45, 7) is 1.49. The Hall–Kier alpha value is -1.28. The molecule has 1 aromatic carbocycles. The zero-order chi connectivity index (χ0) is 10.6. The van der Waals surface area contributed by atoms with E-state index in [1.807, 2.05) is 0 Å². The Labute approximate surface area is 88.1 Å². The average molecular weight is 211 g/mol. The van der Waals surface area contributed by atoms with Gasteiger partial charge in [-0.05, 0) is 37.3 Å². The Morgan fingerprint density at radius 3 is 2.79 bits per heavy atom. The van der Waals surface area contributed by atoms with Crippen LogP contribution in [0.25, 0.3) is 6.08 Å². The van der Waals surface area contributed by atoms with E-state index in [2.05, 4.69) is 0 Å². The van der Waals surface area contributed by atoms with E-state index in [9.17, 15) is 4.79 Å². The summed E-state index contributed by atoms with van der Waals surface area (Å²) in [7, 11) is 1.58. The van der Waals surface area contributed by atoms with Crippen molar-refractivity contribution < 1.29 is 9.53 Å². The number of carbonyl (C=O) groups is 1.